The molecule has 1 N–H and O–H groups in total. The largest absolute Gasteiger partial charge is 0.376 e. The molecule has 5 nitrogen and oxygen atoms in total. The topological polar surface area (TPSA) is 71.4 Å². The lowest BCUT2D eigenvalue weighted by atomic mass is 10.2. The molecule has 1 aromatic rings. The molecule has 0 aromatic heterocycles. The Hall–Kier alpha value is -1.90. The van der Waals surface area contributed by atoms with Gasteiger partial charge < -0.3 is 14.8 Å². The maximum atomic E-state index is 11.5. The number of ether oxygens (including phenoxy) is 2. The molecule has 0 bridgehead atoms. The summed E-state index contributed by atoms with van der Waals surface area (Å²) in [5, 5.41) is 11.4. The molecule has 1 aliphatic heterocycles. The van der Waals surface area contributed by atoms with Crippen LogP contribution in [0.2, 0.25) is 0 Å². The number of rotatable bonds is 4. The van der Waals surface area contributed by atoms with Crippen molar-refractivity contribution in [2.24, 2.45) is 0 Å². The van der Waals surface area contributed by atoms with Gasteiger partial charge in [-0.15, -0.1) is 0 Å². The van der Waals surface area contributed by atoms with Gasteiger partial charge in [-0.3, -0.25) is 4.79 Å². The van der Waals surface area contributed by atoms with Gasteiger partial charge in [-0.05, 0) is 18.2 Å². The molecule has 0 unspecified atom stereocenters. The average Bonchev–Trinajstić information content (AvgIpc) is 2.27. The lowest BCUT2D eigenvalue weighted by Gasteiger charge is -2.25. The van der Waals surface area contributed by atoms with Crippen molar-refractivity contribution in [1.82, 2.24) is 0 Å². The zero-order chi connectivity index (χ0) is 12.1. The molecule has 1 amide bonds. The van der Waals surface area contributed by atoms with Gasteiger partial charge in [0.25, 0.3) is 0 Å². The number of anilines is 1. The number of carbonyl (C=O) groups excluding carboxylic acids is 1. The zero-order valence-corrected chi connectivity index (χ0v) is 9.18. The van der Waals surface area contributed by atoms with E-state index >= 15 is 0 Å². The van der Waals surface area contributed by atoms with Crippen LogP contribution in [0.5, 0.6) is 0 Å². The normalized spacial score (nSPS) is 14.8. The third-order valence-corrected chi connectivity index (χ3v) is 2.33. The van der Waals surface area contributed by atoms with Crippen LogP contribution in [-0.2, 0) is 14.3 Å². The zero-order valence-electron chi connectivity index (χ0n) is 9.18. The highest BCUT2D eigenvalue weighted by Gasteiger charge is 2.19. The minimum atomic E-state index is -0.230. The summed E-state index contributed by atoms with van der Waals surface area (Å²) < 4.78 is 10.2. The van der Waals surface area contributed by atoms with Crippen LogP contribution in [-0.4, -0.2) is 31.8 Å². The highest BCUT2D eigenvalue weighted by molar-refractivity contribution is 5.91. The molecule has 17 heavy (non-hydrogen) atoms. The Morgan fingerprint density at radius 3 is 3.06 bits per heavy atom. The van der Waals surface area contributed by atoms with Crippen LogP contribution in [0.1, 0.15) is 5.56 Å². The lowest BCUT2D eigenvalue weighted by molar-refractivity contribution is -0.144. The van der Waals surface area contributed by atoms with E-state index < -0.39 is 0 Å². The van der Waals surface area contributed by atoms with Crippen molar-refractivity contribution in [2.45, 2.75) is 6.10 Å². The Labute approximate surface area is 98.9 Å². The van der Waals surface area contributed by atoms with Crippen LogP contribution in [0.15, 0.2) is 24.3 Å². The molecular formula is C12H12N2O3. The second kappa shape index (κ2) is 5.43. The first-order valence-corrected chi connectivity index (χ1v) is 5.27. The fourth-order valence-electron chi connectivity index (χ4n) is 1.37. The molecule has 0 saturated carbocycles. The number of nitrogens with one attached hydrogen (secondary N) is 1. The van der Waals surface area contributed by atoms with Gasteiger partial charge in [0.2, 0.25) is 5.91 Å². The molecule has 0 radical (unpaired) electrons. The van der Waals surface area contributed by atoms with Crippen LogP contribution < -0.4 is 5.32 Å². The summed E-state index contributed by atoms with van der Waals surface area (Å²) >= 11 is 0. The lowest BCUT2D eigenvalue weighted by Crippen LogP contribution is -2.38. The molecule has 1 aromatic carbocycles. The molecule has 0 spiro atoms. The highest BCUT2D eigenvalue weighted by atomic mass is 16.6. The molecule has 1 aliphatic rings. The summed E-state index contributed by atoms with van der Waals surface area (Å²) in [5.74, 6) is -0.230. The second-order valence-electron chi connectivity index (χ2n) is 3.71. The SMILES string of the molecule is N#Cc1cccc(NC(=O)COC2COC2)c1. The number of nitrogens with zero attached hydrogens (tertiary/aromatic N) is 1. The molecule has 88 valence electrons. The Kier molecular flexibility index (Phi) is 3.70. The quantitative estimate of drug-likeness (QED) is 0.837. The summed E-state index contributed by atoms with van der Waals surface area (Å²) in [6, 6.07) is 8.75. The molecule has 0 aliphatic carbocycles. The van der Waals surface area contributed by atoms with E-state index in [-0.39, 0.29) is 18.6 Å². The molecule has 0 atom stereocenters. The van der Waals surface area contributed by atoms with Gasteiger partial charge >= 0.3 is 0 Å². The van der Waals surface area contributed by atoms with Crippen molar-refractivity contribution in [1.29, 1.82) is 5.26 Å². The third kappa shape index (κ3) is 3.28. The molecule has 1 saturated heterocycles. The summed E-state index contributed by atoms with van der Waals surface area (Å²) in [6.07, 6.45) is 0.0335. The smallest absolute Gasteiger partial charge is 0.250 e. The molecule has 5 heteroatoms. The van der Waals surface area contributed by atoms with Crippen LogP contribution in [0.4, 0.5) is 5.69 Å². The van der Waals surface area contributed by atoms with Crippen molar-refractivity contribution in [3.63, 3.8) is 0 Å². The molecule has 1 fully saturated rings. The number of benzene rings is 1. The maximum absolute atomic E-state index is 11.5. The van der Waals surface area contributed by atoms with E-state index in [1.807, 2.05) is 6.07 Å². The van der Waals surface area contributed by atoms with Gasteiger partial charge in [0.15, 0.2) is 0 Å². The molecular weight excluding hydrogens is 220 g/mol. The summed E-state index contributed by atoms with van der Waals surface area (Å²) in [4.78, 5) is 11.5. The number of carbonyl (C=O) groups is 1. The van der Waals surface area contributed by atoms with Gasteiger partial charge in [-0.25, -0.2) is 0 Å². The van der Waals surface area contributed by atoms with Gasteiger partial charge in [0.1, 0.15) is 12.7 Å². The standard InChI is InChI=1S/C12H12N2O3/c13-5-9-2-1-3-10(4-9)14-12(15)8-17-11-6-16-7-11/h1-4,11H,6-8H2,(H,14,15). The van der Waals surface area contributed by atoms with Crippen LogP contribution in [0, 0.1) is 11.3 Å². The van der Waals surface area contributed by atoms with Gasteiger partial charge in [-0.2, -0.15) is 5.26 Å². The predicted molar refractivity (Wildman–Crippen MR) is 60.3 cm³/mol. The number of amides is 1. The minimum Gasteiger partial charge on any atom is -0.376 e. The maximum Gasteiger partial charge on any atom is 0.250 e. The summed E-state index contributed by atoms with van der Waals surface area (Å²) in [7, 11) is 0. The first-order valence-electron chi connectivity index (χ1n) is 5.27. The van der Waals surface area contributed by atoms with Crippen LogP contribution in [0.25, 0.3) is 0 Å². The number of nitriles is 1. The van der Waals surface area contributed by atoms with Crippen molar-refractivity contribution in [3.05, 3.63) is 29.8 Å². The second-order valence-corrected chi connectivity index (χ2v) is 3.71. The van der Waals surface area contributed by atoms with E-state index in [0.29, 0.717) is 24.5 Å². The Morgan fingerprint density at radius 1 is 1.59 bits per heavy atom. The minimum absolute atomic E-state index is 0.00477. The van der Waals surface area contributed by atoms with Gasteiger partial charge in [0.05, 0.1) is 24.8 Å². The average molecular weight is 232 g/mol. The van der Waals surface area contributed by atoms with Crippen molar-refractivity contribution < 1.29 is 14.3 Å². The van der Waals surface area contributed by atoms with Crippen LogP contribution in [0.3, 0.4) is 0 Å². The van der Waals surface area contributed by atoms with Crippen molar-refractivity contribution >= 4 is 11.6 Å². The summed E-state index contributed by atoms with van der Waals surface area (Å²) in [6.45, 7) is 1.11. The summed E-state index contributed by atoms with van der Waals surface area (Å²) in [5.41, 5.74) is 1.11. The van der Waals surface area contributed by atoms with E-state index in [1.165, 1.54) is 0 Å². The fraction of sp³-hybridized carbons (Fsp3) is 0.333. The molecule has 2 rings (SSSR count). The predicted octanol–water partition coefficient (Wildman–Crippen LogP) is 0.912. The van der Waals surface area contributed by atoms with Gasteiger partial charge in [-0.1, -0.05) is 6.07 Å². The van der Waals surface area contributed by atoms with E-state index in [9.17, 15) is 4.79 Å². The Bertz CT molecular complexity index is 449. The number of hydrogen-bond acceptors (Lipinski definition) is 4. The van der Waals surface area contributed by atoms with E-state index in [4.69, 9.17) is 14.7 Å². The first kappa shape index (κ1) is 11.6. The fourth-order valence-corrected chi connectivity index (χ4v) is 1.37. The van der Waals surface area contributed by atoms with E-state index in [1.54, 1.807) is 24.3 Å². The highest BCUT2D eigenvalue weighted by Crippen LogP contribution is 2.10. The first-order chi connectivity index (χ1) is 8.28. The van der Waals surface area contributed by atoms with E-state index in [0.717, 1.165) is 0 Å². The van der Waals surface area contributed by atoms with Crippen LogP contribution >= 0.6 is 0 Å². The Balaban J connectivity index is 1.82. The van der Waals surface area contributed by atoms with Crippen molar-refractivity contribution in [3.8, 4) is 6.07 Å². The third-order valence-electron chi connectivity index (χ3n) is 2.33. The van der Waals surface area contributed by atoms with E-state index in [2.05, 4.69) is 5.32 Å². The molecule has 1 heterocycles. The monoisotopic (exact) mass is 232 g/mol. The van der Waals surface area contributed by atoms with Crippen molar-refractivity contribution in [2.75, 3.05) is 25.1 Å². The van der Waals surface area contributed by atoms with Gasteiger partial charge in [0, 0.05) is 5.69 Å². The Morgan fingerprint density at radius 2 is 2.41 bits per heavy atom. The number of hydrogen-bond donors (Lipinski definition) is 1.